The number of halogens is 1. The maximum atomic E-state index is 12.4. The number of anilines is 1. The van der Waals surface area contributed by atoms with E-state index in [9.17, 15) is 13.2 Å². The minimum atomic E-state index is -3.39. The van der Waals surface area contributed by atoms with Gasteiger partial charge in [-0.2, -0.15) is 0 Å². The summed E-state index contributed by atoms with van der Waals surface area (Å²) in [5, 5.41) is -0.332. The Morgan fingerprint density at radius 3 is 2.64 bits per heavy atom. The van der Waals surface area contributed by atoms with Crippen LogP contribution in [0.2, 0.25) is 0 Å². The van der Waals surface area contributed by atoms with Crippen LogP contribution in [0.25, 0.3) is 0 Å². The average Bonchev–Trinajstić information content (AvgIpc) is 2.53. The third kappa shape index (κ3) is 4.69. The van der Waals surface area contributed by atoms with Gasteiger partial charge in [0.2, 0.25) is 10.0 Å². The first kappa shape index (κ1) is 17.2. The summed E-state index contributed by atoms with van der Waals surface area (Å²) in [6.07, 6.45) is 4.68. The first-order valence-electron chi connectivity index (χ1n) is 7.51. The summed E-state index contributed by atoms with van der Waals surface area (Å²) in [6.45, 7) is 0.373. The van der Waals surface area contributed by atoms with Gasteiger partial charge in [0, 0.05) is 24.2 Å². The molecular weight excluding hydrogens is 324 g/mol. The maximum Gasteiger partial charge on any atom is 0.235 e. The van der Waals surface area contributed by atoms with Crippen LogP contribution < -0.4 is 9.56 Å². The lowest BCUT2D eigenvalue weighted by Crippen LogP contribution is -2.29. The number of sulfonamides is 1. The molecule has 0 atom stereocenters. The molecule has 2 rings (SSSR count). The molecule has 0 aliphatic heterocycles. The van der Waals surface area contributed by atoms with Crippen LogP contribution in [0.5, 0.6) is 0 Å². The van der Waals surface area contributed by atoms with Crippen molar-refractivity contribution in [2.75, 3.05) is 11.3 Å². The Kier molecular flexibility index (Phi) is 6.23. The minimum Gasteiger partial charge on any atom is -0.294 e. The van der Waals surface area contributed by atoms with E-state index in [0.29, 0.717) is 30.6 Å². The molecule has 1 aliphatic carbocycles. The highest BCUT2D eigenvalue weighted by atomic mass is 35.5. The molecule has 0 radical (unpaired) electrons. The molecule has 122 valence electrons. The topological polar surface area (TPSA) is 75.3 Å². The van der Waals surface area contributed by atoms with E-state index in [1.165, 1.54) is 0 Å². The molecule has 0 unspecified atom stereocenters. The average molecular weight is 345 g/mol. The molecule has 22 heavy (non-hydrogen) atoms. The Labute approximate surface area is 136 Å². The van der Waals surface area contributed by atoms with Crippen molar-refractivity contribution < 1.29 is 13.2 Å². The van der Waals surface area contributed by atoms with Crippen LogP contribution in [0.1, 0.15) is 48.9 Å². The van der Waals surface area contributed by atoms with Crippen LogP contribution in [0, 0.1) is 0 Å². The van der Waals surface area contributed by atoms with Gasteiger partial charge in [0.15, 0.2) is 5.78 Å². The number of benzene rings is 1. The fourth-order valence-electron chi connectivity index (χ4n) is 2.68. The second kappa shape index (κ2) is 7.94. The van der Waals surface area contributed by atoms with E-state index >= 15 is 0 Å². The zero-order valence-corrected chi connectivity index (χ0v) is 13.9. The fraction of sp³-hybridized carbons (Fsp3) is 0.533. The van der Waals surface area contributed by atoms with Gasteiger partial charge >= 0.3 is 0 Å². The highest BCUT2D eigenvalue weighted by Gasteiger charge is 2.27. The predicted molar refractivity (Wildman–Crippen MR) is 88.7 cm³/mol. The van der Waals surface area contributed by atoms with Crippen molar-refractivity contribution in [2.45, 2.75) is 43.8 Å². The van der Waals surface area contributed by atoms with Gasteiger partial charge in [0.25, 0.3) is 0 Å². The molecule has 0 saturated heterocycles. The summed E-state index contributed by atoms with van der Waals surface area (Å²) >= 11 is 5.34. The van der Waals surface area contributed by atoms with Gasteiger partial charge in [-0.3, -0.25) is 9.52 Å². The number of nitrogens with one attached hydrogen (secondary N) is 2. The van der Waals surface area contributed by atoms with Crippen LogP contribution in [0.15, 0.2) is 24.3 Å². The molecule has 0 amide bonds. The molecule has 1 aliphatic rings. The third-order valence-corrected chi connectivity index (χ3v) is 5.94. The summed E-state index contributed by atoms with van der Waals surface area (Å²) in [7, 11) is -3.39. The van der Waals surface area contributed by atoms with E-state index < -0.39 is 10.0 Å². The number of ketones is 1. The number of hydrogen-bond donors (Lipinski definition) is 2. The van der Waals surface area contributed by atoms with Crippen molar-refractivity contribution in [1.82, 2.24) is 4.84 Å². The SMILES string of the molecule is O=C(CCNCl)c1cccc(NS(=O)(=O)C2CCCCC2)c1. The summed E-state index contributed by atoms with van der Waals surface area (Å²) in [5.41, 5.74) is 0.922. The molecule has 5 nitrogen and oxygen atoms in total. The molecule has 0 bridgehead atoms. The van der Waals surface area contributed by atoms with Gasteiger partial charge in [-0.25, -0.2) is 13.3 Å². The Morgan fingerprint density at radius 2 is 1.95 bits per heavy atom. The van der Waals surface area contributed by atoms with Crippen LogP contribution >= 0.6 is 11.8 Å². The molecule has 1 aromatic carbocycles. The highest BCUT2D eigenvalue weighted by molar-refractivity contribution is 7.93. The third-order valence-electron chi connectivity index (χ3n) is 3.88. The van der Waals surface area contributed by atoms with Crippen molar-refractivity contribution in [3.05, 3.63) is 29.8 Å². The Balaban J connectivity index is 2.07. The van der Waals surface area contributed by atoms with E-state index in [1.54, 1.807) is 24.3 Å². The van der Waals surface area contributed by atoms with Crippen LogP contribution in [-0.2, 0) is 10.0 Å². The monoisotopic (exact) mass is 344 g/mol. The molecule has 1 saturated carbocycles. The summed E-state index contributed by atoms with van der Waals surface area (Å²) in [6, 6.07) is 6.60. The lowest BCUT2D eigenvalue weighted by atomic mass is 10.0. The first-order valence-corrected chi connectivity index (χ1v) is 9.44. The molecule has 1 fully saturated rings. The molecule has 1 aromatic rings. The standard InChI is InChI=1S/C15H21ClN2O3S/c16-17-10-9-15(19)12-5-4-6-13(11-12)18-22(20,21)14-7-2-1-3-8-14/h4-6,11,14,17-18H,1-3,7-10H2. The summed E-state index contributed by atoms with van der Waals surface area (Å²) in [4.78, 5) is 14.4. The van der Waals surface area contributed by atoms with Crippen molar-refractivity contribution in [2.24, 2.45) is 0 Å². The summed E-state index contributed by atoms with van der Waals surface area (Å²) < 4.78 is 27.4. The van der Waals surface area contributed by atoms with E-state index in [1.807, 2.05) is 0 Å². The molecule has 2 N–H and O–H groups in total. The lowest BCUT2D eigenvalue weighted by Gasteiger charge is -2.22. The van der Waals surface area contributed by atoms with Crippen molar-refractivity contribution in [3.8, 4) is 0 Å². The van der Waals surface area contributed by atoms with E-state index in [2.05, 4.69) is 9.56 Å². The van der Waals surface area contributed by atoms with Crippen molar-refractivity contribution in [3.63, 3.8) is 0 Å². The van der Waals surface area contributed by atoms with Gasteiger partial charge < -0.3 is 0 Å². The van der Waals surface area contributed by atoms with Crippen molar-refractivity contribution in [1.29, 1.82) is 0 Å². The number of hydrogen-bond acceptors (Lipinski definition) is 4. The first-order chi connectivity index (χ1) is 10.5. The number of rotatable bonds is 7. The Hall–Kier alpha value is -1.11. The highest BCUT2D eigenvalue weighted by Crippen LogP contribution is 2.25. The number of carbonyl (C=O) groups excluding carboxylic acids is 1. The Bertz CT molecular complexity index is 613. The minimum absolute atomic E-state index is 0.0770. The quantitative estimate of drug-likeness (QED) is 0.588. The Morgan fingerprint density at radius 1 is 1.23 bits per heavy atom. The normalized spacial score (nSPS) is 16.4. The lowest BCUT2D eigenvalue weighted by molar-refractivity contribution is 0.0984. The molecule has 0 heterocycles. The zero-order chi connectivity index (χ0) is 16.0. The zero-order valence-electron chi connectivity index (χ0n) is 12.3. The number of Topliss-reactive ketones (excluding diaryl/α,β-unsaturated/α-hetero) is 1. The number of carbonyl (C=O) groups is 1. The summed E-state index contributed by atoms with van der Waals surface area (Å²) in [5.74, 6) is -0.0770. The molecule has 0 spiro atoms. The van der Waals surface area contributed by atoms with Gasteiger partial charge in [0.1, 0.15) is 0 Å². The molecule has 7 heteroatoms. The second-order valence-electron chi connectivity index (χ2n) is 5.54. The molecular formula is C15H21ClN2O3S. The fourth-order valence-corrected chi connectivity index (χ4v) is 4.35. The molecule has 0 aromatic heterocycles. The van der Waals surface area contributed by atoms with Gasteiger partial charge in [-0.1, -0.05) is 31.4 Å². The van der Waals surface area contributed by atoms with E-state index in [0.717, 1.165) is 19.3 Å². The van der Waals surface area contributed by atoms with Crippen LogP contribution in [-0.4, -0.2) is 26.0 Å². The van der Waals surface area contributed by atoms with Gasteiger partial charge in [-0.15, -0.1) is 0 Å². The van der Waals surface area contributed by atoms with Crippen LogP contribution in [0.4, 0.5) is 5.69 Å². The van der Waals surface area contributed by atoms with E-state index in [4.69, 9.17) is 11.8 Å². The maximum absolute atomic E-state index is 12.4. The van der Waals surface area contributed by atoms with Crippen molar-refractivity contribution >= 4 is 33.3 Å². The van der Waals surface area contributed by atoms with Crippen LogP contribution in [0.3, 0.4) is 0 Å². The van der Waals surface area contributed by atoms with E-state index in [-0.39, 0.29) is 17.5 Å². The predicted octanol–water partition coefficient (Wildman–Crippen LogP) is 3.08. The van der Waals surface area contributed by atoms with Gasteiger partial charge in [0.05, 0.1) is 5.25 Å². The van der Waals surface area contributed by atoms with Gasteiger partial charge in [-0.05, 0) is 36.8 Å². The second-order valence-corrected chi connectivity index (χ2v) is 7.77. The largest absolute Gasteiger partial charge is 0.294 e. The smallest absolute Gasteiger partial charge is 0.235 e.